The van der Waals surface area contributed by atoms with Crippen LogP contribution < -0.4 is 5.32 Å². The van der Waals surface area contributed by atoms with Crippen molar-refractivity contribution in [1.82, 2.24) is 10.2 Å². The van der Waals surface area contributed by atoms with Crippen molar-refractivity contribution in [2.45, 2.75) is 12.3 Å². The fraction of sp³-hybridized carbons (Fsp3) is 0.714. The van der Waals surface area contributed by atoms with E-state index in [0.717, 1.165) is 0 Å². The summed E-state index contributed by atoms with van der Waals surface area (Å²) in [4.78, 5) is 0. The number of sulfone groups is 1. The number of anilines is 1. The summed E-state index contributed by atoms with van der Waals surface area (Å²) in [5.41, 5.74) is 0. The van der Waals surface area contributed by atoms with E-state index in [1.807, 2.05) is 0 Å². The first-order valence-corrected chi connectivity index (χ1v) is 6.91. The lowest BCUT2D eigenvalue weighted by Gasteiger charge is -1.99. The number of halogens is 1. The zero-order chi connectivity index (χ0) is 11.3. The molecule has 1 aromatic rings. The van der Waals surface area contributed by atoms with Crippen molar-refractivity contribution >= 4 is 27.5 Å². The smallest absolute Gasteiger partial charge is 0.315 e. The van der Waals surface area contributed by atoms with Crippen molar-refractivity contribution < 1.29 is 12.8 Å². The molecule has 0 aromatic carbocycles. The zero-order valence-corrected chi connectivity index (χ0v) is 9.81. The number of nitrogens with one attached hydrogen (secondary N) is 1. The predicted molar refractivity (Wildman–Crippen MR) is 56.7 cm³/mol. The molecule has 1 heterocycles. The molecule has 0 saturated heterocycles. The van der Waals surface area contributed by atoms with Crippen molar-refractivity contribution in [3.8, 4) is 0 Å². The van der Waals surface area contributed by atoms with Crippen LogP contribution in [0.15, 0.2) is 4.42 Å². The molecule has 0 aliphatic rings. The molecule has 1 rings (SSSR count). The van der Waals surface area contributed by atoms with Crippen LogP contribution in [-0.2, 0) is 15.7 Å². The van der Waals surface area contributed by atoms with Crippen LogP contribution in [0.4, 0.5) is 6.01 Å². The van der Waals surface area contributed by atoms with E-state index >= 15 is 0 Å². The Morgan fingerprint density at radius 1 is 1.47 bits per heavy atom. The first kappa shape index (κ1) is 12.3. The van der Waals surface area contributed by atoms with Gasteiger partial charge in [-0.05, 0) is 6.42 Å². The van der Waals surface area contributed by atoms with Crippen molar-refractivity contribution in [2.24, 2.45) is 0 Å². The molecule has 1 aromatic heterocycles. The topological polar surface area (TPSA) is 85.1 Å². The molecule has 0 spiro atoms. The molecule has 8 heteroatoms. The molecule has 0 amide bonds. The summed E-state index contributed by atoms with van der Waals surface area (Å²) >= 11 is 5.46. The van der Waals surface area contributed by atoms with Gasteiger partial charge in [-0.25, -0.2) is 8.42 Å². The van der Waals surface area contributed by atoms with Gasteiger partial charge in [0.25, 0.3) is 0 Å². The Balaban J connectivity index is 2.26. The molecule has 0 bridgehead atoms. The minimum atomic E-state index is -2.91. The van der Waals surface area contributed by atoms with Gasteiger partial charge in [0.05, 0.1) is 5.75 Å². The molecule has 0 unspecified atom stereocenters. The Morgan fingerprint density at radius 3 is 2.73 bits per heavy atom. The van der Waals surface area contributed by atoms with Gasteiger partial charge < -0.3 is 9.73 Å². The number of rotatable bonds is 6. The lowest BCUT2D eigenvalue weighted by atomic mass is 10.5. The van der Waals surface area contributed by atoms with E-state index in [1.54, 1.807) is 0 Å². The second-order valence-electron chi connectivity index (χ2n) is 3.04. The maximum Gasteiger partial charge on any atom is 0.315 e. The number of aromatic nitrogens is 2. The van der Waals surface area contributed by atoms with Gasteiger partial charge in [-0.3, -0.25) is 0 Å². The van der Waals surface area contributed by atoms with Gasteiger partial charge in [-0.2, -0.15) is 0 Å². The summed E-state index contributed by atoms with van der Waals surface area (Å²) in [6.45, 7) is 0.469. The van der Waals surface area contributed by atoms with Crippen LogP contribution >= 0.6 is 11.6 Å². The molecule has 0 fully saturated rings. The number of alkyl halides is 1. The second kappa shape index (κ2) is 5.32. The Labute approximate surface area is 92.9 Å². The number of hydrogen-bond acceptors (Lipinski definition) is 6. The van der Waals surface area contributed by atoms with Gasteiger partial charge >= 0.3 is 6.01 Å². The van der Waals surface area contributed by atoms with Crippen LogP contribution in [0.25, 0.3) is 0 Å². The average molecular weight is 254 g/mol. The van der Waals surface area contributed by atoms with E-state index in [-0.39, 0.29) is 17.6 Å². The van der Waals surface area contributed by atoms with Crippen LogP contribution in [-0.4, -0.2) is 37.2 Å². The van der Waals surface area contributed by atoms with Crippen molar-refractivity contribution in [1.29, 1.82) is 0 Å². The fourth-order valence-electron chi connectivity index (χ4n) is 0.909. The summed E-state index contributed by atoms with van der Waals surface area (Å²) in [5, 5.41) is 10.1. The Morgan fingerprint density at radius 2 is 2.20 bits per heavy atom. The summed E-state index contributed by atoms with van der Waals surface area (Å²) in [6.07, 6.45) is 1.70. The maximum atomic E-state index is 10.8. The monoisotopic (exact) mass is 253 g/mol. The van der Waals surface area contributed by atoms with Crippen LogP contribution in [0.1, 0.15) is 12.3 Å². The van der Waals surface area contributed by atoms with Crippen molar-refractivity contribution in [3.63, 3.8) is 0 Å². The molecule has 15 heavy (non-hydrogen) atoms. The Kier molecular flexibility index (Phi) is 4.34. The van der Waals surface area contributed by atoms with E-state index in [0.29, 0.717) is 18.9 Å². The third kappa shape index (κ3) is 4.98. The first-order chi connectivity index (χ1) is 7.01. The van der Waals surface area contributed by atoms with Gasteiger partial charge in [0.15, 0.2) is 0 Å². The van der Waals surface area contributed by atoms with Gasteiger partial charge in [-0.1, -0.05) is 5.10 Å². The predicted octanol–water partition coefficient (Wildman–Crippen LogP) is 0.655. The largest absolute Gasteiger partial charge is 0.407 e. The summed E-state index contributed by atoms with van der Waals surface area (Å²) in [5.74, 6) is 0.636. The highest BCUT2D eigenvalue weighted by Crippen LogP contribution is 2.07. The molecular weight excluding hydrogens is 242 g/mol. The number of nitrogens with zero attached hydrogens (tertiary/aromatic N) is 2. The van der Waals surface area contributed by atoms with Crippen molar-refractivity contribution in [2.75, 3.05) is 23.9 Å². The van der Waals surface area contributed by atoms with E-state index in [4.69, 9.17) is 16.0 Å². The van der Waals surface area contributed by atoms with E-state index in [9.17, 15) is 8.42 Å². The molecule has 1 N–H and O–H groups in total. The molecule has 0 atom stereocenters. The molecule has 0 aliphatic carbocycles. The third-order valence-corrected chi connectivity index (χ3v) is 2.81. The SMILES string of the molecule is CS(=O)(=O)CCCNc1nnc(CCl)o1. The average Bonchev–Trinajstić information content (AvgIpc) is 2.59. The fourth-order valence-corrected chi connectivity index (χ4v) is 1.69. The molecule has 86 valence electrons. The van der Waals surface area contributed by atoms with Crippen LogP contribution in [0.2, 0.25) is 0 Å². The highest BCUT2D eigenvalue weighted by molar-refractivity contribution is 7.90. The second-order valence-corrected chi connectivity index (χ2v) is 5.57. The lowest BCUT2D eigenvalue weighted by Crippen LogP contribution is -2.09. The summed E-state index contributed by atoms with van der Waals surface area (Å²) in [6, 6.07) is 0.263. The van der Waals surface area contributed by atoms with Crippen LogP contribution in [0.5, 0.6) is 0 Å². The van der Waals surface area contributed by atoms with E-state index in [2.05, 4.69) is 15.5 Å². The number of hydrogen-bond donors (Lipinski definition) is 1. The van der Waals surface area contributed by atoms with E-state index in [1.165, 1.54) is 6.26 Å². The highest BCUT2D eigenvalue weighted by atomic mass is 35.5. The molecule has 6 nitrogen and oxygen atoms in total. The molecule has 0 saturated carbocycles. The van der Waals surface area contributed by atoms with Crippen LogP contribution in [0, 0.1) is 0 Å². The van der Waals surface area contributed by atoms with E-state index < -0.39 is 9.84 Å². The van der Waals surface area contributed by atoms with Crippen LogP contribution in [0.3, 0.4) is 0 Å². The normalized spacial score (nSPS) is 11.6. The standard InChI is InChI=1S/C7H12ClN3O3S/c1-15(12,13)4-2-3-9-7-11-10-6(5-8)14-7/h2-5H2,1H3,(H,9,11). The van der Waals surface area contributed by atoms with Crippen molar-refractivity contribution in [3.05, 3.63) is 5.89 Å². The zero-order valence-electron chi connectivity index (χ0n) is 8.23. The summed E-state index contributed by atoms with van der Waals surface area (Å²) < 4.78 is 26.6. The highest BCUT2D eigenvalue weighted by Gasteiger charge is 2.05. The van der Waals surface area contributed by atoms with Gasteiger partial charge in [0, 0.05) is 12.8 Å². The lowest BCUT2D eigenvalue weighted by molar-refractivity contribution is 0.525. The minimum Gasteiger partial charge on any atom is -0.407 e. The molecule has 0 aliphatic heterocycles. The molecule has 0 radical (unpaired) electrons. The van der Waals surface area contributed by atoms with Gasteiger partial charge in [-0.15, -0.1) is 16.7 Å². The minimum absolute atomic E-state index is 0.135. The molecular formula is C7H12ClN3O3S. The first-order valence-electron chi connectivity index (χ1n) is 4.31. The summed E-state index contributed by atoms with van der Waals surface area (Å²) in [7, 11) is -2.91. The quantitative estimate of drug-likeness (QED) is 0.592. The Hall–Kier alpha value is -0.820. The maximum absolute atomic E-state index is 10.8. The third-order valence-electron chi connectivity index (χ3n) is 1.55. The van der Waals surface area contributed by atoms with Gasteiger partial charge in [0.2, 0.25) is 5.89 Å². The van der Waals surface area contributed by atoms with Gasteiger partial charge in [0.1, 0.15) is 15.7 Å². The Bertz CT molecular complexity index is 403.